The van der Waals surface area contributed by atoms with E-state index in [0.717, 1.165) is 50.6 Å². The molecule has 6 aliphatic rings. The molecule has 5 heterocycles. The Morgan fingerprint density at radius 2 is 1.51 bits per heavy atom. The Morgan fingerprint density at radius 1 is 0.846 bits per heavy atom. The molecule has 5 aliphatic heterocycles. The second kappa shape index (κ2) is 38.0. The summed E-state index contributed by atoms with van der Waals surface area (Å²) in [6, 6.07) is 4.82. The number of alkyl carbamates (subject to hydrolysis) is 1. The molecule has 7 N–H and O–H groups in total. The largest absolute Gasteiger partial charge is 0.507 e. The number of phenols is 1. The quantitative estimate of drug-likeness (QED) is 0.0144. The van der Waals surface area contributed by atoms with E-state index >= 15 is 9.59 Å². The molecule has 4 amide bonds. The van der Waals surface area contributed by atoms with E-state index in [4.69, 9.17) is 38.2 Å². The first-order chi connectivity index (χ1) is 49.4. The van der Waals surface area contributed by atoms with Crippen LogP contribution in [0.2, 0.25) is 0 Å². The highest BCUT2D eigenvalue weighted by molar-refractivity contribution is 7.45. The molecule has 0 radical (unpaired) electrons. The number of nitrogens with zero attached hydrogens (tertiary/aromatic N) is 2. The summed E-state index contributed by atoms with van der Waals surface area (Å²) in [6.45, 7) is 20.5. The van der Waals surface area contributed by atoms with E-state index in [0.29, 0.717) is 43.8 Å². The minimum Gasteiger partial charge on any atom is -0.507 e. The smallest absolute Gasteiger partial charge is 0.410 e. The van der Waals surface area contributed by atoms with Gasteiger partial charge in [0.25, 0.3) is 11.7 Å². The van der Waals surface area contributed by atoms with Crippen molar-refractivity contribution in [2.24, 2.45) is 34.6 Å². The third-order valence-corrected chi connectivity index (χ3v) is 21.1. The number of benzene rings is 2. The van der Waals surface area contributed by atoms with Crippen LogP contribution < -0.4 is 31.3 Å². The molecular weight excluding hydrogens is 1380 g/mol. The van der Waals surface area contributed by atoms with E-state index in [2.05, 4.69) is 52.3 Å². The molecule has 0 saturated carbocycles. The number of fused-ring (bicyclic) bond motifs is 13. The molecule has 27 nitrogen and oxygen atoms in total. The van der Waals surface area contributed by atoms with Gasteiger partial charge in [-0.2, -0.15) is 0 Å². The summed E-state index contributed by atoms with van der Waals surface area (Å²) in [5.41, 5.74) is 0.586. The SMILES string of the molecule is CCCCCCCCC/C(=C\c1ccc(NC(=O)C[C@@H](NC(=O)OCOC(=O)CC)C(=O)NCC(=O)O[C@@H]2[C@@H](C)[C@@H](O)[C@@H](C)[C@H](OC(C)=O)[C@H](C)[C@@H](OC)/C=C/O[C@@]3(C)Oc4c(C)c(O)c5c(c4C3=O)C3=NC4(CCN(CC(C)C)CC4)NC3=C(NC(=O)/C(C)=C\C=C\[C@@H]2C)C5=O)cc1)C(P=O)P=O. The topological polar surface area (TPSA) is 369 Å². The van der Waals surface area contributed by atoms with Gasteiger partial charge in [0.05, 0.1) is 47.4 Å². The van der Waals surface area contributed by atoms with Crippen LogP contribution in [0.1, 0.15) is 191 Å². The molecule has 1 saturated heterocycles. The molecule has 29 heteroatoms. The number of likely N-dealkylation sites (tertiary alicyclic amines) is 1. The number of amides is 4. The zero-order chi connectivity index (χ0) is 76.3. The van der Waals surface area contributed by atoms with Crippen LogP contribution >= 0.6 is 16.9 Å². The Morgan fingerprint density at radius 3 is 2.14 bits per heavy atom. The van der Waals surface area contributed by atoms with Gasteiger partial charge in [-0.15, -0.1) is 0 Å². The van der Waals surface area contributed by atoms with E-state index in [1.165, 1.54) is 72.6 Å². The number of piperidine rings is 1. The van der Waals surface area contributed by atoms with Crippen LogP contribution in [-0.4, -0.2) is 162 Å². The Hall–Kier alpha value is -8.48. The molecule has 5 bridgehead atoms. The lowest BCUT2D eigenvalue weighted by Crippen LogP contribution is -2.50. The number of hydrogen-bond acceptors (Lipinski definition) is 23. The molecule has 0 aromatic heterocycles. The third kappa shape index (κ3) is 20.9. The molecule has 2 aromatic rings. The van der Waals surface area contributed by atoms with Gasteiger partial charge in [-0.3, -0.25) is 52.5 Å². The molecule has 1 spiro atoms. The maximum Gasteiger partial charge on any atom is 0.410 e. The number of ether oxygens (including phenoxy) is 7. The van der Waals surface area contributed by atoms with Gasteiger partial charge in [0.2, 0.25) is 24.4 Å². The Labute approximate surface area is 610 Å². The van der Waals surface area contributed by atoms with Crippen molar-refractivity contribution in [2.45, 2.75) is 207 Å². The predicted molar refractivity (Wildman–Crippen MR) is 388 cm³/mol. The molecule has 8 rings (SSSR count). The normalized spacial score (nSPS) is 25.2. The number of Topliss-reactive ketones (excluding diaryl/α,β-unsaturated/α-hetero) is 2. The van der Waals surface area contributed by atoms with E-state index in [1.807, 2.05) is 6.08 Å². The number of esters is 3. The second-order valence-corrected chi connectivity index (χ2v) is 29.7. The molecule has 104 heavy (non-hydrogen) atoms. The third-order valence-electron chi connectivity index (χ3n) is 19.4. The fourth-order valence-electron chi connectivity index (χ4n) is 13.6. The Kier molecular flexibility index (Phi) is 30.2. The number of unbranched alkanes of at least 4 members (excludes halogenated alkanes) is 6. The van der Waals surface area contributed by atoms with E-state index in [9.17, 15) is 52.9 Å². The zero-order valence-corrected chi connectivity index (χ0v) is 63.5. The van der Waals surface area contributed by atoms with Crippen LogP contribution in [0.25, 0.3) is 6.08 Å². The first-order valence-electron chi connectivity index (χ1n) is 35.7. The fourth-order valence-corrected chi connectivity index (χ4v) is 14.4. The summed E-state index contributed by atoms with van der Waals surface area (Å²) >= 11 is 0. The maximum atomic E-state index is 15.1. The molecular formula is C75H101N7O20P2. The number of rotatable bonds is 27. The minimum atomic E-state index is -2.10. The Bertz CT molecular complexity index is 3720. The number of allylic oxidation sites excluding steroid dienone is 5. The summed E-state index contributed by atoms with van der Waals surface area (Å²) in [5, 5.41) is 37.4. The average Bonchev–Trinajstić information content (AvgIpc) is 1.51. The number of aromatic hydroxyl groups is 1. The van der Waals surface area contributed by atoms with Crippen LogP contribution in [0.3, 0.4) is 0 Å². The van der Waals surface area contributed by atoms with Crippen LogP contribution in [0.5, 0.6) is 11.5 Å². The predicted octanol–water partition coefficient (Wildman–Crippen LogP) is 10.8. The van der Waals surface area contributed by atoms with Crippen LogP contribution in [0.15, 0.2) is 82.4 Å². The average molecular weight is 1480 g/mol. The number of carbonyl (C=O) groups excluding carboxylic acids is 9. The van der Waals surface area contributed by atoms with Crippen molar-refractivity contribution in [1.29, 1.82) is 0 Å². The first kappa shape index (κ1) is 82.8. The highest BCUT2D eigenvalue weighted by Gasteiger charge is 2.55. The fraction of sp³-hybridized carbons (Fsp3) is 0.573. The summed E-state index contributed by atoms with van der Waals surface area (Å²) in [4.78, 5) is 132. The van der Waals surface area contributed by atoms with E-state index in [1.54, 1.807) is 58.0 Å². The van der Waals surface area contributed by atoms with Crippen molar-refractivity contribution in [3.05, 3.63) is 105 Å². The van der Waals surface area contributed by atoms with Gasteiger partial charge in [0, 0.05) is 106 Å². The number of aliphatic hydroxyl groups excluding tert-OH is 1. The van der Waals surface area contributed by atoms with Crippen molar-refractivity contribution in [3.8, 4) is 11.5 Å². The van der Waals surface area contributed by atoms with Crippen LogP contribution in [0, 0.1) is 36.5 Å². The van der Waals surface area contributed by atoms with Gasteiger partial charge < -0.3 is 74.9 Å². The van der Waals surface area contributed by atoms with E-state index in [-0.39, 0.29) is 79.7 Å². The number of phenolic OH excluding ortho intramolecular Hbond substituents is 1. The number of hydrogen-bond donors (Lipinski definition) is 7. The number of nitrogens with one attached hydrogen (secondary N) is 5. The minimum absolute atomic E-state index is 0.0114. The van der Waals surface area contributed by atoms with Crippen molar-refractivity contribution >= 4 is 87.7 Å². The Balaban J connectivity index is 1.17. The monoisotopic (exact) mass is 1480 g/mol. The van der Waals surface area contributed by atoms with Gasteiger partial charge in [0.1, 0.15) is 53.1 Å². The van der Waals surface area contributed by atoms with Crippen molar-refractivity contribution < 1.29 is 95.7 Å². The van der Waals surface area contributed by atoms with Crippen molar-refractivity contribution in [3.63, 3.8) is 0 Å². The second-order valence-electron chi connectivity index (χ2n) is 27.9. The van der Waals surface area contributed by atoms with Gasteiger partial charge in [-0.05, 0) is 62.0 Å². The van der Waals surface area contributed by atoms with Crippen LogP contribution in [0.4, 0.5) is 10.5 Å². The summed E-state index contributed by atoms with van der Waals surface area (Å²) < 4.78 is 64.4. The van der Waals surface area contributed by atoms with Gasteiger partial charge >= 0.3 is 29.8 Å². The molecule has 2 aromatic carbocycles. The lowest BCUT2D eigenvalue weighted by molar-refractivity contribution is -0.165. The standard InChI is InChI=1S/C75H101N7O20P2/c1-14-16-17-18-19-20-21-25-50(72(103-94)104-95)36-49-26-28-51(29-27-49)77-54(84)37-52(78-73(93)98-40-97-55(85)15-2)71(92)76-38-56(86)101-66-42(5)23-22-24-43(6)70(91)79-62-61-60(80-75(81-61)31-33-82(34-32-75)39-41(3)4)57-58(65(62)89)64(88)47(10)68-59(57)69(90)74(12,102-68)99-35-30-53(96-13)44(7)67(100-48(11)83)46(9)63(87)45(66)8/h22-24,26-30,35-36,41-42,44-46,52-53,63,66-67,72,81,87-88H,14-21,25,31-34,37-40H2,1-13H3,(H,76,92)(H,77,84)(H,78,93)(H,79,91)/b23-22+,35-30+,43-24-,50-36+/t42-,44+,45-,46+,52+,53-,63+,66-,67+,74-/m0/s1. The van der Waals surface area contributed by atoms with Crippen molar-refractivity contribution in [2.75, 3.05) is 45.4 Å². The number of aliphatic imine (C=N–C) groups is 1. The zero-order valence-electron chi connectivity index (χ0n) is 61.7. The highest BCUT2D eigenvalue weighted by Crippen LogP contribution is 2.50. The number of anilines is 1. The lowest BCUT2D eigenvalue weighted by Gasteiger charge is -2.39. The number of ketones is 2. The summed E-state index contributed by atoms with van der Waals surface area (Å²) in [7, 11) is 0.808. The first-order valence-corrected chi connectivity index (χ1v) is 37.4. The van der Waals surface area contributed by atoms with Gasteiger partial charge in [-0.1, -0.05) is 130 Å². The lowest BCUT2D eigenvalue weighted by atomic mass is 9.78. The molecule has 0 unspecified atom stereocenters. The number of methoxy groups -OCH3 is 1. The maximum absolute atomic E-state index is 15.1. The summed E-state index contributed by atoms with van der Waals surface area (Å²) in [6.07, 6.45) is 11.2. The molecule has 10 atom stereocenters. The number of carbonyl (C=O) groups is 9. The molecule has 1 aliphatic carbocycles. The van der Waals surface area contributed by atoms with E-state index < -0.39 is 150 Å². The van der Waals surface area contributed by atoms with Crippen LogP contribution in [-0.2, 0) is 66.3 Å². The van der Waals surface area contributed by atoms with Gasteiger partial charge in [0.15, 0.2) is 16.9 Å². The molecule has 566 valence electrons. The molecule has 1 fully saturated rings. The van der Waals surface area contributed by atoms with Crippen molar-refractivity contribution in [1.82, 2.24) is 26.2 Å². The van der Waals surface area contributed by atoms with Gasteiger partial charge in [-0.25, -0.2) is 4.79 Å². The summed E-state index contributed by atoms with van der Waals surface area (Å²) in [5.74, 6) is -12.4. The number of aliphatic hydroxyl groups is 1. The highest BCUT2D eigenvalue weighted by atomic mass is 31.1.